The van der Waals surface area contributed by atoms with E-state index in [1.165, 1.54) is 19.3 Å². The van der Waals surface area contributed by atoms with Crippen LogP contribution in [-0.4, -0.2) is 0 Å². The van der Waals surface area contributed by atoms with Crippen molar-refractivity contribution >= 4 is 0 Å². The Morgan fingerprint density at radius 1 is 0.538 bits per heavy atom. The molecule has 0 heterocycles. The van der Waals surface area contributed by atoms with Gasteiger partial charge in [0.15, 0.2) is 0 Å². The molecule has 0 fully saturated rings. The second kappa shape index (κ2) is 6.45. The van der Waals surface area contributed by atoms with Gasteiger partial charge in [-0.1, -0.05) is 41.5 Å². The highest BCUT2D eigenvalue weighted by molar-refractivity contribution is 4.63. The minimum absolute atomic E-state index is 0.862. The van der Waals surface area contributed by atoms with E-state index >= 15 is 0 Å². The third-order valence-electron chi connectivity index (χ3n) is 2.55. The Balaban J connectivity index is 3.58. The summed E-state index contributed by atoms with van der Waals surface area (Å²) in [5.74, 6) is 3.55. The average molecular weight is 184 g/mol. The van der Waals surface area contributed by atoms with E-state index < -0.39 is 0 Å². The fourth-order valence-electron chi connectivity index (χ4n) is 2.49. The lowest BCUT2D eigenvalue weighted by molar-refractivity contribution is 0.320. The van der Waals surface area contributed by atoms with Crippen LogP contribution in [0.25, 0.3) is 0 Å². The van der Waals surface area contributed by atoms with Crippen LogP contribution in [0.15, 0.2) is 0 Å². The van der Waals surface area contributed by atoms with E-state index in [1.807, 2.05) is 0 Å². The van der Waals surface area contributed by atoms with Gasteiger partial charge in [-0.2, -0.15) is 0 Å². The molecule has 0 amide bonds. The zero-order chi connectivity index (χ0) is 10.4. The van der Waals surface area contributed by atoms with Crippen LogP contribution in [0.2, 0.25) is 0 Å². The van der Waals surface area contributed by atoms with Crippen molar-refractivity contribution in [1.29, 1.82) is 0 Å². The van der Waals surface area contributed by atoms with Crippen LogP contribution in [0, 0.1) is 23.7 Å². The second-order valence-electron chi connectivity index (χ2n) is 5.71. The van der Waals surface area contributed by atoms with Crippen molar-refractivity contribution in [2.45, 2.75) is 60.8 Å². The number of hydrogen-bond acceptors (Lipinski definition) is 0. The van der Waals surface area contributed by atoms with Gasteiger partial charge >= 0.3 is 0 Å². The molecular weight excluding hydrogens is 156 g/mol. The maximum atomic E-state index is 2.40. The van der Waals surface area contributed by atoms with Gasteiger partial charge in [0.2, 0.25) is 0 Å². The van der Waals surface area contributed by atoms with Crippen LogP contribution in [-0.2, 0) is 0 Å². The Morgan fingerprint density at radius 2 is 0.846 bits per heavy atom. The predicted molar refractivity (Wildman–Crippen MR) is 61.9 cm³/mol. The lowest BCUT2D eigenvalue weighted by atomic mass is 9.86. The summed E-state index contributed by atoms with van der Waals surface area (Å²) in [6, 6.07) is 0. The van der Waals surface area contributed by atoms with Gasteiger partial charge in [0.25, 0.3) is 0 Å². The SMILES string of the molecule is CC(C)C[C@@H](C)C[C@@H](C)CC(C)C. The summed E-state index contributed by atoms with van der Waals surface area (Å²) in [6.07, 6.45) is 4.20. The quantitative estimate of drug-likeness (QED) is 0.559. The molecule has 0 nitrogen and oxygen atoms in total. The highest BCUT2D eigenvalue weighted by Gasteiger charge is 2.11. The van der Waals surface area contributed by atoms with Gasteiger partial charge in [0.1, 0.15) is 0 Å². The lowest BCUT2D eigenvalue weighted by Crippen LogP contribution is -2.08. The Labute approximate surface area is 85.1 Å². The summed E-state index contributed by atoms with van der Waals surface area (Å²) < 4.78 is 0. The molecule has 0 unspecified atom stereocenters. The van der Waals surface area contributed by atoms with Gasteiger partial charge in [-0.3, -0.25) is 0 Å². The first-order chi connectivity index (χ1) is 5.91. The summed E-state index contributed by atoms with van der Waals surface area (Å²) in [5.41, 5.74) is 0. The van der Waals surface area contributed by atoms with Crippen molar-refractivity contribution in [3.8, 4) is 0 Å². The van der Waals surface area contributed by atoms with E-state index in [0.717, 1.165) is 23.7 Å². The first-order valence-corrected chi connectivity index (χ1v) is 5.91. The number of hydrogen-bond donors (Lipinski definition) is 0. The van der Waals surface area contributed by atoms with Crippen LogP contribution in [0.4, 0.5) is 0 Å². The molecule has 0 heteroatoms. The van der Waals surface area contributed by atoms with E-state index in [-0.39, 0.29) is 0 Å². The molecule has 0 rings (SSSR count). The molecule has 0 aromatic heterocycles. The van der Waals surface area contributed by atoms with Crippen LogP contribution in [0.3, 0.4) is 0 Å². The van der Waals surface area contributed by atoms with Crippen LogP contribution >= 0.6 is 0 Å². The third-order valence-corrected chi connectivity index (χ3v) is 2.55. The second-order valence-corrected chi connectivity index (χ2v) is 5.71. The van der Waals surface area contributed by atoms with Crippen molar-refractivity contribution in [1.82, 2.24) is 0 Å². The summed E-state index contributed by atoms with van der Waals surface area (Å²) in [4.78, 5) is 0. The molecule has 0 aliphatic carbocycles. The van der Waals surface area contributed by atoms with Crippen molar-refractivity contribution in [2.24, 2.45) is 23.7 Å². The summed E-state index contributed by atoms with van der Waals surface area (Å²) in [7, 11) is 0. The van der Waals surface area contributed by atoms with Gasteiger partial charge in [0.05, 0.1) is 0 Å². The predicted octanol–water partition coefficient (Wildman–Crippen LogP) is 4.74. The maximum absolute atomic E-state index is 2.40. The highest BCUT2D eigenvalue weighted by atomic mass is 14.2. The molecule has 2 atom stereocenters. The molecular formula is C13H28. The van der Waals surface area contributed by atoms with Gasteiger partial charge in [-0.15, -0.1) is 0 Å². The lowest BCUT2D eigenvalue weighted by Gasteiger charge is -2.20. The Bertz CT molecular complexity index is 99.2. The molecule has 0 aromatic carbocycles. The standard InChI is InChI=1S/C13H28/c1-10(2)7-12(5)9-13(6)8-11(3)4/h10-13H,7-9H2,1-6H3/t12-,13+. The van der Waals surface area contributed by atoms with Gasteiger partial charge in [0, 0.05) is 0 Å². The first-order valence-electron chi connectivity index (χ1n) is 5.91. The monoisotopic (exact) mass is 184 g/mol. The summed E-state index contributed by atoms with van der Waals surface area (Å²) in [5, 5.41) is 0. The molecule has 0 radical (unpaired) electrons. The van der Waals surface area contributed by atoms with Crippen molar-refractivity contribution in [2.75, 3.05) is 0 Å². The molecule has 0 aliphatic heterocycles. The molecule has 0 bridgehead atoms. The summed E-state index contributed by atoms with van der Waals surface area (Å²) in [6.45, 7) is 14.1. The maximum Gasteiger partial charge on any atom is -0.0438 e. The van der Waals surface area contributed by atoms with Crippen molar-refractivity contribution in [3.63, 3.8) is 0 Å². The topological polar surface area (TPSA) is 0 Å². The van der Waals surface area contributed by atoms with Gasteiger partial charge in [-0.25, -0.2) is 0 Å². The number of rotatable bonds is 6. The van der Waals surface area contributed by atoms with Crippen LogP contribution in [0.1, 0.15) is 60.8 Å². The average Bonchev–Trinajstić information content (AvgIpc) is 1.80. The Morgan fingerprint density at radius 3 is 1.08 bits per heavy atom. The molecule has 0 spiro atoms. The minimum atomic E-state index is 0.862. The van der Waals surface area contributed by atoms with Crippen molar-refractivity contribution in [3.05, 3.63) is 0 Å². The fraction of sp³-hybridized carbons (Fsp3) is 1.00. The zero-order valence-corrected chi connectivity index (χ0v) is 10.4. The molecule has 0 aromatic rings. The fourth-order valence-corrected chi connectivity index (χ4v) is 2.49. The largest absolute Gasteiger partial charge is 0.0628 e. The van der Waals surface area contributed by atoms with E-state index in [2.05, 4.69) is 41.5 Å². The normalized spacial score (nSPS) is 16.6. The van der Waals surface area contributed by atoms with E-state index in [4.69, 9.17) is 0 Å². The summed E-state index contributed by atoms with van der Waals surface area (Å²) >= 11 is 0. The molecule has 13 heavy (non-hydrogen) atoms. The van der Waals surface area contributed by atoms with Crippen LogP contribution < -0.4 is 0 Å². The first kappa shape index (κ1) is 13.0. The minimum Gasteiger partial charge on any atom is -0.0628 e. The third kappa shape index (κ3) is 8.33. The molecule has 0 N–H and O–H groups in total. The molecule has 0 saturated carbocycles. The van der Waals surface area contributed by atoms with E-state index in [9.17, 15) is 0 Å². The van der Waals surface area contributed by atoms with Crippen molar-refractivity contribution < 1.29 is 0 Å². The van der Waals surface area contributed by atoms with Crippen LogP contribution in [0.5, 0.6) is 0 Å². The van der Waals surface area contributed by atoms with E-state index in [1.54, 1.807) is 0 Å². The Hall–Kier alpha value is 0. The van der Waals surface area contributed by atoms with Gasteiger partial charge < -0.3 is 0 Å². The van der Waals surface area contributed by atoms with Gasteiger partial charge in [-0.05, 0) is 42.9 Å². The molecule has 0 aliphatic rings. The smallest absolute Gasteiger partial charge is 0.0438 e. The molecule has 80 valence electrons. The van der Waals surface area contributed by atoms with E-state index in [0.29, 0.717) is 0 Å². The Kier molecular flexibility index (Phi) is 6.45. The molecule has 0 saturated heterocycles. The highest BCUT2D eigenvalue weighted by Crippen LogP contribution is 2.23. The zero-order valence-electron chi connectivity index (χ0n) is 10.4.